The zero-order valence-corrected chi connectivity index (χ0v) is 9.53. The van der Waals surface area contributed by atoms with Gasteiger partial charge in [0.15, 0.2) is 0 Å². The molecule has 4 heteroatoms. The second-order valence-corrected chi connectivity index (χ2v) is 4.17. The van der Waals surface area contributed by atoms with Gasteiger partial charge in [-0.2, -0.15) is 0 Å². The SMILES string of the molecule is CC1COC1.Nc1ccc2c(c1)NCCO2. The van der Waals surface area contributed by atoms with Crippen LogP contribution in [0.25, 0.3) is 0 Å². The number of hydrogen-bond acceptors (Lipinski definition) is 4. The molecule has 0 saturated carbocycles. The smallest absolute Gasteiger partial charge is 0.142 e. The lowest BCUT2D eigenvalue weighted by molar-refractivity contribution is -0.0221. The third kappa shape index (κ3) is 2.79. The molecule has 0 bridgehead atoms. The van der Waals surface area contributed by atoms with E-state index in [1.807, 2.05) is 18.2 Å². The second-order valence-electron chi connectivity index (χ2n) is 4.17. The van der Waals surface area contributed by atoms with Gasteiger partial charge in [-0.15, -0.1) is 0 Å². The van der Waals surface area contributed by atoms with Crippen molar-refractivity contribution in [3.63, 3.8) is 0 Å². The molecular weight excluding hydrogens is 204 g/mol. The van der Waals surface area contributed by atoms with Crippen molar-refractivity contribution < 1.29 is 9.47 Å². The fourth-order valence-corrected chi connectivity index (χ4v) is 1.51. The van der Waals surface area contributed by atoms with E-state index >= 15 is 0 Å². The highest BCUT2D eigenvalue weighted by molar-refractivity contribution is 5.64. The van der Waals surface area contributed by atoms with Crippen LogP contribution in [0.2, 0.25) is 0 Å². The Morgan fingerprint density at radius 3 is 2.75 bits per heavy atom. The molecule has 0 amide bonds. The molecule has 2 aliphatic heterocycles. The average Bonchev–Trinajstić information content (AvgIpc) is 2.27. The van der Waals surface area contributed by atoms with E-state index in [1.54, 1.807) is 0 Å². The Bertz CT molecular complexity index is 351. The van der Waals surface area contributed by atoms with Crippen molar-refractivity contribution in [2.75, 3.05) is 37.4 Å². The van der Waals surface area contributed by atoms with Gasteiger partial charge in [0, 0.05) is 18.2 Å². The van der Waals surface area contributed by atoms with E-state index in [9.17, 15) is 0 Å². The molecule has 4 nitrogen and oxygen atoms in total. The number of rotatable bonds is 0. The quantitative estimate of drug-likeness (QED) is 0.656. The van der Waals surface area contributed by atoms with E-state index < -0.39 is 0 Å². The Kier molecular flexibility index (Phi) is 3.51. The van der Waals surface area contributed by atoms with Gasteiger partial charge >= 0.3 is 0 Å². The first-order chi connectivity index (χ1) is 7.75. The number of fused-ring (bicyclic) bond motifs is 1. The Labute approximate surface area is 95.7 Å². The molecule has 88 valence electrons. The predicted octanol–water partition coefficient (Wildman–Crippen LogP) is 1.73. The monoisotopic (exact) mass is 222 g/mol. The molecule has 16 heavy (non-hydrogen) atoms. The van der Waals surface area contributed by atoms with Crippen LogP contribution in [-0.4, -0.2) is 26.4 Å². The van der Waals surface area contributed by atoms with E-state index in [0.29, 0.717) is 0 Å². The standard InChI is InChI=1S/C8H10N2O.C4H8O/c9-6-1-2-8-7(5-6)10-3-4-11-8;1-4-2-5-3-4/h1-2,5,10H,3-4,9H2;4H,2-3H2,1H3. The van der Waals surface area contributed by atoms with Crippen molar-refractivity contribution in [1.82, 2.24) is 0 Å². The third-order valence-electron chi connectivity index (χ3n) is 2.48. The molecule has 3 N–H and O–H groups in total. The van der Waals surface area contributed by atoms with Crippen molar-refractivity contribution in [1.29, 1.82) is 0 Å². The Balaban J connectivity index is 0.000000162. The molecule has 1 aromatic rings. The van der Waals surface area contributed by atoms with E-state index in [1.165, 1.54) is 0 Å². The van der Waals surface area contributed by atoms with Crippen molar-refractivity contribution in [3.05, 3.63) is 18.2 Å². The van der Waals surface area contributed by atoms with Crippen LogP contribution in [0.5, 0.6) is 5.75 Å². The van der Waals surface area contributed by atoms with Crippen LogP contribution in [-0.2, 0) is 4.74 Å². The van der Waals surface area contributed by atoms with Gasteiger partial charge in [0.2, 0.25) is 0 Å². The lowest BCUT2D eigenvalue weighted by atomic mass is 10.2. The van der Waals surface area contributed by atoms with E-state index in [0.717, 1.165) is 49.4 Å². The lowest BCUT2D eigenvalue weighted by Crippen LogP contribution is -2.23. The summed E-state index contributed by atoms with van der Waals surface area (Å²) in [5.74, 6) is 1.74. The van der Waals surface area contributed by atoms with Gasteiger partial charge in [0.05, 0.1) is 18.9 Å². The number of hydrogen-bond donors (Lipinski definition) is 2. The van der Waals surface area contributed by atoms with Gasteiger partial charge in [-0.1, -0.05) is 6.92 Å². The first-order valence-corrected chi connectivity index (χ1v) is 5.59. The minimum atomic E-state index is 0.733. The Morgan fingerprint density at radius 1 is 1.38 bits per heavy atom. The van der Waals surface area contributed by atoms with Crippen molar-refractivity contribution in [3.8, 4) is 5.75 Å². The minimum Gasteiger partial charge on any atom is -0.490 e. The molecular formula is C12H18N2O2. The lowest BCUT2D eigenvalue weighted by Gasteiger charge is -2.20. The fraction of sp³-hybridized carbons (Fsp3) is 0.500. The molecule has 2 aliphatic rings. The maximum Gasteiger partial charge on any atom is 0.142 e. The van der Waals surface area contributed by atoms with Crippen molar-refractivity contribution in [2.45, 2.75) is 6.92 Å². The first kappa shape index (κ1) is 11.1. The molecule has 2 heterocycles. The molecule has 3 rings (SSSR count). The van der Waals surface area contributed by atoms with E-state index in [4.69, 9.17) is 15.2 Å². The van der Waals surface area contributed by atoms with E-state index in [2.05, 4.69) is 12.2 Å². The number of nitrogens with two attached hydrogens (primary N) is 1. The highest BCUT2D eigenvalue weighted by Crippen LogP contribution is 2.28. The zero-order chi connectivity index (χ0) is 11.4. The van der Waals surface area contributed by atoms with Crippen LogP contribution in [0, 0.1) is 5.92 Å². The van der Waals surface area contributed by atoms with Crippen LogP contribution < -0.4 is 15.8 Å². The summed E-state index contributed by atoms with van der Waals surface area (Å²) < 4.78 is 10.2. The summed E-state index contributed by atoms with van der Waals surface area (Å²) in [5, 5.41) is 3.20. The summed E-state index contributed by atoms with van der Waals surface area (Å²) in [6.07, 6.45) is 0. The summed E-state index contributed by atoms with van der Waals surface area (Å²) in [6.45, 7) is 5.75. The second kappa shape index (κ2) is 5.07. The van der Waals surface area contributed by atoms with Crippen LogP contribution >= 0.6 is 0 Å². The highest BCUT2D eigenvalue weighted by atomic mass is 16.5. The fourth-order valence-electron chi connectivity index (χ4n) is 1.51. The molecule has 0 atom stereocenters. The summed E-state index contributed by atoms with van der Waals surface area (Å²) >= 11 is 0. The summed E-state index contributed by atoms with van der Waals surface area (Å²) in [5.41, 5.74) is 7.35. The largest absolute Gasteiger partial charge is 0.490 e. The van der Waals surface area contributed by atoms with Gasteiger partial charge in [-0.25, -0.2) is 0 Å². The van der Waals surface area contributed by atoms with Gasteiger partial charge in [-0.05, 0) is 18.2 Å². The maximum atomic E-state index is 5.59. The average molecular weight is 222 g/mol. The van der Waals surface area contributed by atoms with Crippen LogP contribution in [0.3, 0.4) is 0 Å². The summed E-state index contributed by atoms with van der Waals surface area (Å²) in [7, 11) is 0. The zero-order valence-electron chi connectivity index (χ0n) is 9.53. The van der Waals surface area contributed by atoms with Gasteiger partial charge < -0.3 is 20.5 Å². The molecule has 0 aromatic heterocycles. The van der Waals surface area contributed by atoms with Crippen LogP contribution in [0.1, 0.15) is 6.92 Å². The van der Waals surface area contributed by atoms with Gasteiger partial charge in [-0.3, -0.25) is 0 Å². The third-order valence-corrected chi connectivity index (χ3v) is 2.48. The summed E-state index contributed by atoms with van der Waals surface area (Å²) in [6, 6.07) is 5.61. The molecule has 0 unspecified atom stereocenters. The van der Waals surface area contributed by atoms with Crippen molar-refractivity contribution in [2.24, 2.45) is 5.92 Å². The maximum absolute atomic E-state index is 5.59. The Hall–Kier alpha value is -1.42. The number of benzene rings is 1. The molecule has 0 aliphatic carbocycles. The van der Waals surface area contributed by atoms with Crippen LogP contribution in [0.15, 0.2) is 18.2 Å². The van der Waals surface area contributed by atoms with E-state index in [-0.39, 0.29) is 0 Å². The molecule has 0 radical (unpaired) electrons. The minimum absolute atomic E-state index is 0.733. The van der Waals surface area contributed by atoms with Gasteiger partial charge in [0.25, 0.3) is 0 Å². The molecule has 1 aromatic carbocycles. The number of ether oxygens (including phenoxy) is 2. The topological polar surface area (TPSA) is 56.5 Å². The van der Waals surface area contributed by atoms with Gasteiger partial charge in [0.1, 0.15) is 12.4 Å². The number of nitrogen functional groups attached to an aromatic ring is 1. The molecule has 0 spiro atoms. The van der Waals surface area contributed by atoms with Crippen molar-refractivity contribution >= 4 is 11.4 Å². The Morgan fingerprint density at radius 2 is 2.12 bits per heavy atom. The predicted molar refractivity (Wildman–Crippen MR) is 64.8 cm³/mol. The molecule has 1 fully saturated rings. The number of nitrogens with one attached hydrogen (secondary N) is 1. The number of anilines is 2. The van der Waals surface area contributed by atoms with Crippen LogP contribution in [0.4, 0.5) is 11.4 Å². The summed E-state index contributed by atoms with van der Waals surface area (Å²) in [4.78, 5) is 0. The highest BCUT2D eigenvalue weighted by Gasteiger charge is 2.10. The normalized spacial score (nSPS) is 18.1. The first-order valence-electron chi connectivity index (χ1n) is 5.59. The molecule has 1 saturated heterocycles.